The predicted molar refractivity (Wildman–Crippen MR) is 114 cm³/mol. The molecule has 2 fully saturated rings. The molecule has 1 aromatic rings. The van der Waals surface area contributed by atoms with Gasteiger partial charge in [-0.05, 0) is 51.8 Å². The minimum Gasteiger partial charge on any atom is -0.497 e. The van der Waals surface area contributed by atoms with Gasteiger partial charge in [0.15, 0.2) is 5.96 Å². The molecule has 2 aliphatic heterocycles. The van der Waals surface area contributed by atoms with Crippen LogP contribution in [0.25, 0.3) is 0 Å². The van der Waals surface area contributed by atoms with Crippen LogP contribution in [0.1, 0.15) is 45.4 Å². The molecule has 0 saturated carbocycles. The Bertz CT molecular complexity index is 623. The molecular formula is C22H36N4O2. The summed E-state index contributed by atoms with van der Waals surface area (Å²) in [6.45, 7) is 4.39. The van der Waals surface area contributed by atoms with Crippen molar-refractivity contribution in [2.75, 3.05) is 33.9 Å². The molecule has 2 bridgehead atoms. The minimum absolute atomic E-state index is 0.525. The van der Waals surface area contributed by atoms with Crippen LogP contribution in [-0.2, 0) is 0 Å². The molecule has 2 atom stereocenters. The molecule has 2 aliphatic rings. The third-order valence-electron chi connectivity index (χ3n) is 5.91. The first-order valence-corrected chi connectivity index (χ1v) is 10.7. The summed E-state index contributed by atoms with van der Waals surface area (Å²) in [4.78, 5) is 7.36. The van der Waals surface area contributed by atoms with Crippen molar-refractivity contribution in [2.24, 2.45) is 4.99 Å². The fourth-order valence-electron chi connectivity index (χ4n) is 4.38. The van der Waals surface area contributed by atoms with E-state index in [1.807, 2.05) is 24.3 Å². The van der Waals surface area contributed by atoms with E-state index in [0.29, 0.717) is 12.6 Å². The lowest BCUT2D eigenvalue weighted by Crippen LogP contribution is -2.56. The second-order valence-corrected chi connectivity index (χ2v) is 7.86. The number of nitrogens with zero attached hydrogens (tertiary/aromatic N) is 2. The average molecular weight is 389 g/mol. The first-order chi connectivity index (χ1) is 13.7. The monoisotopic (exact) mass is 388 g/mol. The van der Waals surface area contributed by atoms with Crippen LogP contribution in [0.5, 0.6) is 11.5 Å². The lowest BCUT2D eigenvalue weighted by Gasteiger charge is -2.47. The SMILES string of the molecule is CCNC(=NCCCOc1cccc(OC)c1)NC1CC2CCCC(C1)N2C. The molecule has 1 aromatic carbocycles. The van der Waals surface area contributed by atoms with Crippen molar-refractivity contribution >= 4 is 5.96 Å². The maximum Gasteiger partial charge on any atom is 0.191 e. The second-order valence-electron chi connectivity index (χ2n) is 7.86. The Morgan fingerprint density at radius 1 is 1.21 bits per heavy atom. The highest BCUT2D eigenvalue weighted by molar-refractivity contribution is 5.80. The van der Waals surface area contributed by atoms with Gasteiger partial charge in [0.25, 0.3) is 0 Å². The lowest BCUT2D eigenvalue weighted by molar-refractivity contribution is 0.0526. The van der Waals surface area contributed by atoms with Crippen molar-refractivity contribution in [1.29, 1.82) is 0 Å². The van der Waals surface area contributed by atoms with E-state index >= 15 is 0 Å². The number of piperidine rings is 2. The van der Waals surface area contributed by atoms with Gasteiger partial charge in [-0.1, -0.05) is 12.5 Å². The highest BCUT2D eigenvalue weighted by Gasteiger charge is 2.36. The van der Waals surface area contributed by atoms with Crippen LogP contribution in [0.15, 0.2) is 29.3 Å². The maximum atomic E-state index is 5.81. The van der Waals surface area contributed by atoms with Gasteiger partial charge >= 0.3 is 0 Å². The summed E-state index contributed by atoms with van der Waals surface area (Å²) >= 11 is 0. The number of benzene rings is 1. The Kier molecular flexibility index (Phi) is 7.83. The molecule has 156 valence electrons. The molecule has 2 heterocycles. The number of rotatable bonds is 8. The van der Waals surface area contributed by atoms with Gasteiger partial charge in [0.1, 0.15) is 11.5 Å². The Labute approximate surface area is 169 Å². The molecule has 0 amide bonds. The van der Waals surface area contributed by atoms with Crippen molar-refractivity contribution in [1.82, 2.24) is 15.5 Å². The third kappa shape index (κ3) is 5.77. The normalized spacial score (nSPS) is 25.2. The summed E-state index contributed by atoms with van der Waals surface area (Å²) in [6, 6.07) is 9.70. The standard InChI is InChI=1S/C22H36N4O2/c1-4-23-22(25-17-14-18-8-5-9-19(15-17)26(18)2)24-12-7-13-28-21-11-6-10-20(16-21)27-3/h6,10-11,16-19H,4-5,7-9,12-15H2,1-3H3,(H2,23,24,25). The van der Waals surface area contributed by atoms with Crippen molar-refractivity contribution in [2.45, 2.75) is 63.6 Å². The molecule has 2 unspecified atom stereocenters. The molecule has 2 N–H and O–H groups in total. The molecule has 6 nitrogen and oxygen atoms in total. The predicted octanol–water partition coefficient (Wildman–Crippen LogP) is 3.03. The van der Waals surface area contributed by atoms with Crippen LogP contribution >= 0.6 is 0 Å². The highest BCUT2D eigenvalue weighted by atomic mass is 16.5. The van der Waals surface area contributed by atoms with E-state index in [-0.39, 0.29) is 0 Å². The molecule has 6 heteroatoms. The van der Waals surface area contributed by atoms with Crippen LogP contribution in [0.2, 0.25) is 0 Å². The Hall–Kier alpha value is -1.95. The van der Waals surface area contributed by atoms with Crippen molar-refractivity contribution in [3.63, 3.8) is 0 Å². The van der Waals surface area contributed by atoms with E-state index in [4.69, 9.17) is 14.5 Å². The Balaban J connectivity index is 1.43. The summed E-state index contributed by atoms with van der Waals surface area (Å²) in [7, 11) is 3.97. The highest BCUT2D eigenvalue weighted by Crippen LogP contribution is 2.32. The van der Waals surface area contributed by atoms with Gasteiger partial charge < -0.3 is 25.0 Å². The number of aliphatic imine (C=N–C) groups is 1. The number of fused-ring (bicyclic) bond motifs is 2. The molecule has 28 heavy (non-hydrogen) atoms. The first kappa shape index (κ1) is 20.8. The maximum absolute atomic E-state index is 5.81. The zero-order valence-electron chi connectivity index (χ0n) is 17.6. The van der Waals surface area contributed by atoms with Gasteiger partial charge in [-0.3, -0.25) is 4.99 Å². The molecule has 0 aliphatic carbocycles. The lowest BCUT2D eigenvalue weighted by atomic mass is 9.82. The molecule has 3 rings (SSSR count). The first-order valence-electron chi connectivity index (χ1n) is 10.7. The van der Waals surface area contributed by atoms with Crippen LogP contribution < -0.4 is 20.1 Å². The van der Waals surface area contributed by atoms with Crippen molar-refractivity contribution in [3.05, 3.63) is 24.3 Å². The van der Waals surface area contributed by atoms with Crippen molar-refractivity contribution < 1.29 is 9.47 Å². The zero-order chi connectivity index (χ0) is 19.8. The molecule has 0 aromatic heterocycles. The van der Waals surface area contributed by atoms with E-state index in [0.717, 1.165) is 49.1 Å². The molecule has 0 radical (unpaired) electrons. The zero-order valence-corrected chi connectivity index (χ0v) is 17.6. The van der Waals surface area contributed by atoms with Crippen LogP contribution in [0.4, 0.5) is 0 Å². The van der Waals surface area contributed by atoms with E-state index in [1.165, 1.54) is 32.1 Å². The van der Waals surface area contributed by atoms with E-state index in [1.54, 1.807) is 7.11 Å². The second kappa shape index (κ2) is 10.6. The van der Waals surface area contributed by atoms with Gasteiger partial charge in [-0.15, -0.1) is 0 Å². The smallest absolute Gasteiger partial charge is 0.191 e. The molecule has 2 saturated heterocycles. The molecule has 0 spiro atoms. The number of hydrogen-bond donors (Lipinski definition) is 2. The van der Waals surface area contributed by atoms with E-state index < -0.39 is 0 Å². The third-order valence-corrected chi connectivity index (χ3v) is 5.91. The number of nitrogens with one attached hydrogen (secondary N) is 2. The average Bonchev–Trinajstić information content (AvgIpc) is 2.69. The molecular weight excluding hydrogens is 352 g/mol. The fourth-order valence-corrected chi connectivity index (χ4v) is 4.38. The van der Waals surface area contributed by atoms with Gasteiger partial charge in [-0.2, -0.15) is 0 Å². The van der Waals surface area contributed by atoms with E-state index in [2.05, 4.69) is 29.5 Å². The van der Waals surface area contributed by atoms with Crippen molar-refractivity contribution in [3.8, 4) is 11.5 Å². The van der Waals surface area contributed by atoms with Gasteiger partial charge in [0.05, 0.1) is 13.7 Å². The topological polar surface area (TPSA) is 58.1 Å². The van der Waals surface area contributed by atoms with Crippen LogP contribution in [0, 0.1) is 0 Å². The minimum atomic E-state index is 0.525. The van der Waals surface area contributed by atoms with E-state index in [9.17, 15) is 0 Å². The fraction of sp³-hybridized carbons (Fsp3) is 0.682. The number of methoxy groups -OCH3 is 1. The number of hydrogen-bond acceptors (Lipinski definition) is 4. The van der Waals surface area contributed by atoms with Gasteiger partial charge in [0, 0.05) is 43.7 Å². The van der Waals surface area contributed by atoms with Crippen LogP contribution in [0.3, 0.4) is 0 Å². The van der Waals surface area contributed by atoms with Gasteiger partial charge in [-0.25, -0.2) is 0 Å². The number of ether oxygens (including phenoxy) is 2. The quantitative estimate of drug-likeness (QED) is 0.407. The summed E-state index contributed by atoms with van der Waals surface area (Å²) in [5.41, 5.74) is 0. The summed E-state index contributed by atoms with van der Waals surface area (Å²) in [5.74, 6) is 2.60. The summed E-state index contributed by atoms with van der Waals surface area (Å²) < 4.78 is 11.0. The summed E-state index contributed by atoms with van der Waals surface area (Å²) in [5, 5.41) is 7.08. The number of guanidine groups is 1. The Morgan fingerprint density at radius 3 is 2.68 bits per heavy atom. The Morgan fingerprint density at radius 2 is 1.96 bits per heavy atom. The largest absolute Gasteiger partial charge is 0.497 e. The van der Waals surface area contributed by atoms with Gasteiger partial charge in [0.2, 0.25) is 0 Å². The van der Waals surface area contributed by atoms with Crippen LogP contribution in [-0.4, -0.2) is 62.8 Å². The summed E-state index contributed by atoms with van der Waals surface area (Å²) in [6.07, 6.45) is 7.37.